The molecule has 0 aromatic carbocycles. The van der Waals surface area contributed by atoms with Crippen molar-refractivity contribution in [2.75, 3.05) is 13.2 Å². The van der Waals surface area contributed by atoms with E-state index in [1.807, 2.05) is 0 Å². The summed E-state index contributed by atoms with van der Waals surface area (Å²) in [6, 6.07) is 0. The largest absolute Gasteiger partial charge is 0.377 e. The van der Waals surface area contributed by atoms with Crippen molar-refractivity contribution in [3.8, 4) is 0 Å². The zero-order valence-corrected chi connectivity index (χ0v) is 6.01. The van der Waals surface area contributed by atoms with Crippen molar-refractivity contribution in [3.05, 3.63) is 12.7 Å². The van der Waals surface area contributed by atoms with E-state index in [1.165, 1.54) is 0 Å². The van der Waals surface area contributed by atoms with E-state index in [4.69, 9.17) is 4.74 Å². The van der Waals surface area contributed by atoms with E-state index in [-0.39, 0.29) is 0 Å². The molecule has 2 heteroatoms. The van der Waals surface area contributed by atoms with Gasteiger partial charge in [0, 0.05) is 12.8 Å². The fourth-order valence-corrected chi connectivity index (χ4v) is 1.02. The Morgan fingerprint density at radius 3 is 2.90 bits per heavy atom. The Balaban J connectivity index is 1.95. The van der Waals surface area contributed by atoms with Crippen molar-refractivity contribution in [2.24, 2.45) is 5.92 Å². The quantitative estimate of drug-likeness (QED) is 0.433. The van der Waals surface area contributed by atoms with Crippen LogP contribution >= 0.6 is 0 Å². The smallest absolute Gasteiger partial charge is 0.133 e. The van der Waals surface area contributed by atoms with Gasteiger partial charge < -0.3 is 4.74 Å². The minimum atomic E-state index is 0.368. The van der Waals surface area contributed by atoms with Crippen LogP contribution in [0.1, 0.15) is 12.8 Å². The number of ether oxygens (including phenoxy) is 1. The SMILES string of the molecule is C=CCOCC1CC(=O)C1. The van der Waals surface area contributed by atoms with Crippen LogP contribution in [0, 0.1) is 5.92 Å². The molecule has 1 rings (SSSR count). The van der Waals surface area contributed by atoms with Crippen molar-refractivity contribution < 1.29 is 9.53 Å². The summed E-state index contributed by atoms with van der Waals surface area (Å²) in [6.07, 6.45) is 3.16. The molecule has 10 heavy (non-hydrogen) atoms. The fraction of sp³-hybridized carbons (Fsp3) is 0.625. The summed E-state index contributed by atoms with van der Waals surface area (Å²) < 4.78 is 5.16. The maximum Gasteiger partial charge on any atom is 0.133 e. The van der Waals surface area contributed by atoms with Gasteiger partial charge in [-0.05, 0) is 5.92 Å². The van der Waals surface area contributed by atoms with Gasteiger partial charge in [0.05, 0.1) is 13.2 Å². The highest BCUT2D eigenvalue weighted by Gasteiger charge is 2.25. The Morgan fingerprint density at radius 1 is 1.70 bits per heavy atom. The number of Topliss-reactive ketones (excluding diaryl/α,β-unsaturated/α-hetero) is 1. The van der Waals surface area contributed by atoms with Gasteiger partial charge in [-0.1, -0.05) is 6.08 Å². The molecule has 1 fully saturated rings. The van der Waals surface area contributed by atoms with Crippen LogP contribution in [0.25, 0.3) is 0 Å². The molecular formula is C8H12O2. The van der Waals surface area contributed by atoms with Crippen LogP contribution in [0.3, 0.4) is 0 Å². The summed E-state index contributed by atoms with van der Waals surface area (Å²) in [5.74, 6) is 0.861. The lowest BCUT2D eigenvalue weighted by molar-refractivity contribution is -0.128. The molecule has 0 radical (unpaired) electrons. The fourth-order valence-electron chi connectivity index (χ4n) is 1.02. The standard InChI is InChI=1S/C8H12O2/c1-2-3-10-6-7-4-8(9)5-7/h2,7H,1,3-6H2. The minimum Gasteiger partial charge on any atom is -0.377 e. The third kappa shape index (κ3) is 1.95. The Morgan fingerprint density at radius 2 is 2.40 bits per heavy atom. The molecule has 0 unspecified atom stereocenters. The molecule has 1 saturated carbocycles. The molecule has 1 aliphatic carbocycles. The predicted molar refractivity (Wildman–Crippen MR) is 38.7 cm³/mol. The first-order valence-corrected chi connectivity index (χ1v) is 3.53. The summed E-state index contributed by atoms with van der Waals surface area (Å²) >= 11 is 0. The van der Waals surface area contributed by atoms with Crippen molar-refractivity contribution in [1.82, 2.24) is 0 Å². The highest BCUT2D eigenvalue weighted by molar-refractivity contribution is 5.84. The monoisotopic (exact) mass is 140 g/mol. The normalized spacial score (nSPS) is 18.6. The summed E-state index contributed by atoms with van der Waals surface area (Å²) in [6.45, 7) is 4.85. The summed E-state index contributed by atoms with van der Waals surface area (Å²) in [5.41, 5.74) is 0. The van der Waals surface area contributed by atoms with E-state index in [9.17, 15) is 4.79 Å². The lowest BCUT2D eigenvalue weighted by Gasteiger charge is -2.23. The first-order chi connectivity index (χ1) is 4.83. The van der Waals surface area contributed by atoms with Crippen LogP contribution in [0.5, 0.6) is 0 Å². The van der Waals surface area contributed by atoms with Gasteiger partial charge in [0.1, 0.15) is 5.78 Å². The average Bonchev–Trinajstić information content (AvgIpc) is 1.85. The van der Waals surface area contributed by atoms with E-state index >= 15 is 0 Å². The predicted octanol–water partition coefficient (Wildman–Crippen LogP) is 1.17. The topological polar surface area (TPSA) is 26.3 Å². The molecule has 0 spiro atoms. The van der Waals surface area contributed by atoms with E-state index in [1.54, 1.807) is 6.08 Å². The van der Waals surface area contributed by atoms with Crippen LogP contribution in [0.4, 0.5) is 0 Å². The van der Waals surface area contributed by atoms with Crippen LogP contribution < -0.4 is 0 Å². The van der Waals surface area contributed by atoms with Crippen LogP contribution in [0.2, 0.25) is 0 Å². The van der Waals surface area contributed by atoms with Gasteiger partial charge in [-0.15, -0.1) is 6.58 Å². The first kappa shape index (κ1) is 7.48. The minimum absolute atomic E-state index is 0.368. The third-order valence-electron chi connectivity index (χ3n) is 1.62. The molecule has 1 aliphatic rings. The second-order valence-electron chi connectivity index (χ2n) is 2.64. The molecule has 2 nitrogen and oxygen atoms in total. The van der Waals surface area contributed by atoms with Crippen molar-refractivity contribution in [3.63, 3.8) is 0 Å². The van der Waals surface area contributed by atoms with E-state index < -0.39 is 0 Å². The molecule has 0 atom stereocenters. The number of ketones is 1. The van der Waals surface area contributed by atoms with Gasteiger partial charge in [-0.3, -0.25) is 4.79 Å². The summed E-state index contributed by atoms with van der Waals surface area (Å²) in [4.78, 5) is 10.5. The highest BCUT2D eigenvalue weighted by Crippen LogP contribution is 2.22. The zero-order chi connectivity index (χ0) is 7.40. The number of hydrogen-bond acceptors (Lipinski definition) is 2. The number of hydrogen-bond donors (Lipinski definition) is 0. The highest BCUT2D eigenvalue weighted by atomic mass is 16.5. The summed E-state index contributed by atoms with van der Waals surface area (Å²) in [7, 11) is 0. The van der Waals surface area contributed by atoms with Gasteiger partial charge in [0.25, 0.3) is 0 Å². The molecule has 0 heterocycles. The number of carbonyl (C=O) groups excluding carboxylic acids is 1. The molecule has 0 amide bonds. The number of rotatable bonds is 4. The lowest BCUT2D eigenvalue weighted by Crippen LogP contribution is -2.27. The average molecular weight is 140 g/mol. The van der Waals surface area contributed by atoms with E-state index in [0.717, 1.165) is 19.4 Å². The summed E-state index contributed by atoms with van der Waals surface area (Å²) in [5, 5.41) is 0. The van der Waals surface area contributed by atoms with Crippen LogP contribution in [0.15, 0.2) is 12.7 Å². The van der Waals surface area contributed by atoms with Crippen LogP contribution in [-0.4, -0.2) is 19.0 Å². The molecule has 0 aromatic rings. The second kappa shape index (κ2) is 3.52. The van der Waals surface area contributed by atoms with E-state index in [0.29, 0.717) is 18.3 Å². The molecule has 0 N–H and O–H groups in total. The second-order valence-corrected chi connectivity index (χ2v) is 2.64. The molecular weight excluding hydrogens is 128 g/mol. The van der Waals surface area contributed by atoms with Gasteiger partial charge in [0.2, 0.25) is 0 Å². The zero-order valence-electron chi connectivity index (χ0n) is 6.01. The lowest BCUT2D eigenvalue weighted by atomic mass is 9.85. The van der Waals surface area contributed by atoms with Crippen LogP contribution in [-0.2, 0) is 9.53 Å². The maximum absolute atomic E-state index is 10.5. The maximum atomic E-state index is 10.5. The Hall–Kier alpha value is -0.630. The Kier molecular flexibility index (Phi) is 2.63. The van der Waals surface area contributed by atoms with E-state index in [2.05, 4.69) is 6.58 Å². The molecule has 0 aliphatic heterocycles. The van der Waals surface area contributed by atoms with Crippen molar-refractivity contribution >= 4 is 5.78 Å². The Bertz CT molecular complexity index is 132. The third-order valence-corrected chi connectivity index (χ3v) is 1.62. The molecule has 0 saturated heterocycles. The van der Waals surface area contributed by atoms with Gasteiger partial charge in [-0.2, -0.15) is 0 Å². The van der Waals surface area contributed by atoms with Gasteiger partial charge in [-0.25, -0.2) is 0 Å². The number of carbonyl (C=O) groups is 1. The van der Waals surface area contributed by atoms with Gasteiger partial charge >= 0.3 is 0 Å². The van der Waals surface area contributed by atoms with Crippen molar-refractivity contribution in [2.45, 2.75) is 12.8 Å². The molecule has 0 bridgehead atoms. The molecule has 0 aromatic heterocycles. The van der Waals surface area contributed by atoms with Crippen molar-refractivity contribution in [1.29, 1.82) is 0 Å². The first-order valence-electron chi connectivity index (χ1n) is 3.53. The Labute approximate surface area is 60.9 Å². The van der Waals surface area contributed by atoms with Gasteiger partial charge in [0.15, 0.2) is 0 Å². The molecule has 56 valence electrons.